The quantitative estimate of drug-likeness (QED) is 0.901. The van der Waals surface area contributed by atoms with Crippen LogP contribution in [0.5, 0.6) is 0 Å². The summed E-state index contributed by atoms with van der Waals surface area (Å²) in [5, 5.41) is 15.9. The molecule has 1 aliphatic carbocycles. The molecule has 6 heteroatoms. The average molecular weight is 299 g/mol. The van der Waals surface area contributed by atoms with Gasteiger partial charge in [-0.1, -0.05) is 18.2 Å². The van der Waals surface area contributed by atoms with Crippen LogP contribution in [0.3, 0.4) is 0 Å². The van der Waals surface area contributed by atoms with Crippen molar-refractivity contribution >= 4 is 11.9 Å². The van der Waals surface area contributed by atoms with Crippen LogP contribution in [0.4, 0.5) is 0 Å². The molecule has 1 amide bonds. The molecule has 1 fully saturated rings. The zero-order valence-electron chi connectivity index (χ0n) is 12.2. The van der Waals surface area contributed by atoms with Crippen LogP contribution in [0.25, 0.3) is 5.69 Å². The summed E-state index contributed by atoms with van der Waals surface area (Å²) in [6.45, 7) is 1.98. The number of benzene rings is 1. The summed E-state index contributed by atoms with van der Waals surface area (Å²) < 4.78 is 1.67. The number of hydrogen-bond donors (Lipinski definition) is 2. The number of carboxylic acids is 1. The van der Waals surface area contributed by atoms with Crippen LogP contribution in [0, 0.1) is 12.8 Å². The first-order valence-corrected chi connectivity index (χ1v) is 7.19. The molecule has 1 aromatic carbocycles. The number of carbonyl (C=O) groups is 2. The first-order chi connectivity index (χ1) is 10.5. The minimum Gasteiger partial charge on any atom is -0.481 e. The minimum atomic E-state index is -0.794. The van der Waals surface area contributed by atoms with Gasteiger partial charge in [-0.2, -0.15) is 5.10 Å². The SMILES string of the molecule is Cc1ccccc1-n1cc(C(=O)NC2CC(C(=O)O)C2)cn1. The van der Waals surface area contributed by atoms with Gasteiger partial charge in [-0.25, -0.2) is 4.68 Å². The normalized spacial score (nSPS) is 20.2. The molecule has 0 saturated heterocycles. The Morgan fingerprint density at radius 2 is 2.05 bits per heavy atom. The van der Waals surface area contributed by atoms with Gasteiger partial charge in [0.15, 0.2) is 0 Å². The maximum atomic E-state index is 12.1. The van der Waals surface area contributed by atoms with Crippen molar-refractivity contribution in [1.82, 2.24) is 15.1 Å². The second-order valence-corrected chi connectivity index (χ2v) is 5.64. The molecule has 1 aromatic heterocycles. The topological polar surface area (TPSA) is 84.2 Å². The highest BCUT2D eigenvalue weighted by Crippen LogP contribution is 2.27. The number of nitrogens with one attached hydrogen (secondary N) is 1. The predicted octanol–water partition coefficient (Wildman–Crippen LogP) is 1.77. The number of aromatic nitrogens is 2. The number of rotatable bonds is 4. The monoisotopic (exact) mass is 299 g/mol. The van der Waals surface area contributed by atoms with Gasteiger partial charge in [-0.05, 0) is 31.4 Å². The molecule has 0 aliphatic heterocycles. The van der Waals surface area contributed by atoms with Gasteiger partial charge in [0.2, 0.25) is 0 Å². The molecule has 0 spiro atoms. The number of aryl methyl sites for hydroxylation is 1. The third kappa shape index (κ3) is 2.72. The van der Waals surface area contributed by atoms with Crippen molar-refractivity contribution in [2.75, 3.05) is 0 Å². The fourth-order valence-corrected chi connectivity index (χ4v) is 2.60. The van der Waals surface area contributed by atoms with E-state index >= 15 is 0 Å². The van der Waals surface area contributed by atoms with Gasteiger partial charge in [-0.15, -0.1) is 0 Å². The number of carbonyl (C=O) groups excluding carboxylic acids is 1. The number of aliphatic carboxylic acids is 1. The summed E-state index contributed by atoms with van der Waals surface area (Å²) in [4.78, 5) is 22.9. The van der Waals surface area contributed by atoms with E-state index in [1.54, 1.807) is 10.9 Å². The molecule has 1 saturated carbocycles. The van der Waals surface area contributed by atoms with Gasteiger partial charge in [0, 0.05) is 12.2 Å². The van der Waals surface area contributed by atoms with E-state index in [9.17, 15) is 9.59 Å². The van der Waals surface area contributed by atoms with E-state index in [0.717, 1.165) is 11.3 Å². The zero-order chi connectivity index (χ0) is 15.7. The third-order valence-corrected chi connectivity index (χ3v) is 4.03. The molecule has 114 valence electrons. The molecule has 3 rings (SSSR count). The van der Waals surface area contributed by atoms with Crippen molar-refractivity contribution in [3.05, 3.63) is 47.8 Å². The molecule has 0 atom stereocenters. The van der Waals surface area contributed by atoms with Crippen LogP contribution in [-0.2, 0) is 4.79 Å². The first-order valence-electron chi connectivity index (χ1n) is 7.19. The van der Waals surface area contributed by atoms with E-state index < -0.39 is 5.97 Å². The maximum absolute atomic E-state index is 12.1. The number of para-hydroxylation sites is 1. The first kappa shape index (κ1) is 14.3. The Morgan fingerprint density at radius 3 is 2.73 bits per heavy atom. The Balaban J connectivity index is 1.66. The predicted molar refractivity (Wildman–Crippen MR) is 79.9 cm³/mol. The summed E-state index contributed by atoms with van der Waals surface area (Å²) in [6, 6.07) is 7.73. The van der Waals surface area contributed by atoms with Gasteiger partial charge in [-0.3, -0.25) is 9.59 Å². The maximum Gasteiger partial charge on any atom is 0.306 e. The summed E-state index contributed by atoms with van der Waals surface area (Å²) in [5.74, 6) is -1.34. The number of amides is 1. The molecule has 0 bridgehead atoms. The van der Waals surface area contributed by atoms with Crippen LogP contribution in [-0.4, -0.2) is 32.8 Å². The van der Waals surface area contributed by atoms with Crippen molar-refractivity contribution in [3.63, 3.8) is 0 Å². The van der Waals surface area contributed by atoms with Gasteiger partial charge in [0.25, 0.3) is 5.91 Å². The Labute approximate surface area is 127 Å². The van der Waals surface area contributed by atoms with E-state index in [4.69, 9.17) is 5.11 Å². The molecule has 6 nitrogen and oxygen atoms in total. The highest BCUT2D eigenvalue weighted by Gasteiger charge is 2.35. The second kappa shape index (κ2) is 5.63. The van der Waals surface area contributed by atoms with Gasteiger partial charge in [0.05, 0.1) is 23.4 Å². The molecular weight excluding hydrogens is 282 g/mol. The highest BCUT2D eigenvalue weighted by molar-refractivity contribution is 5.94. The van der Waals surface area contributed by atoms with E-state index in [1.807, 2.05) is 31.2 Å². The Bertz CT molecular complexity index is 717. The van der Waals surface area contributed by atoms with Crippen LogP contribution in [0.15, 0.2) is 36.7 Å². The molecule has 1 aliphatic rings. The summed E-state index contributed by atoms with van der Waals surface area (Å²) in [7, 11) is 0. The van der Waals surface area contributed by atoms with Gasteiger partial charge < -0.3 is 10.4 Å². The van der Waals surface area contributed by atoms with Crippen molar-refractivity contribution in [2.24, 2.45) is 5.92 Å². The Morgan fingerprint density at radius 1 is 1.32 bits per heavy atom. The van der Waals surface area contributed by atoms with Crippen molar-refractivity contribution in [1.29, 1.82) is 0 Å². The lowest BCUT2D eigenvalue weighted by Gasteiger charge is -2.32. The number of carboxylic acid groups (broad SMARTS) is 1. The molecule has 2 aromatic rings. The van der Waals surface area contributed by atoms with Gasteiger partial charge in [0.1, 0.15) is 0 Å². The number of nitrogens with zero attached hydrogens (tertiary/aromatic N) is 2. The Kier molecular flexibility index (Phi) is 3.66. The van der Waals surface area contributed by atoms with Crippen molar-refractivity contribution < 1.29 is 14.7 Å². The summed E-state index contributed by atoms with van der Waals surface area (Å²) in [6.07, 6.45) is 4.19. The molecule has 1 heterocycles. The smallest absolute Gasteiger partial charge is 0.306 e. The second-order valence-electron chi connectivity index (χ2n) is 5.64. The van der Waals surface area contributed by atoms with E-state index in [2.05, 4.69) is 10.4 Å². The summed E-state index contributed by atoms with van der Waals surface area (Å²) in [5.41, 5.74) is 2.47. The van der Waals surface area contributed by atoms with E-state index in [1.165, 1.54) is 6.20 Å². The molecule has 22 heavy (non-hydrogen) atoms. The van der Waals surface area contributed by atoms with Crippen molar-refractivity contribution in [2.45, 2.75) is 25.8 Å². The molecule has 0 radical (unpaired) electrons. The van der Waals surface area contributed by atoms with Crippen LogP contribution in [0.2, 0.25) is 0 Å². The standard InChI is InChI=1S/C16H17N3O3/c1-10-4-2-3-5-14(10)19-9-12(8-17-19)15(20)18-13-6-11(7-13)16(21)22/h2-5,8-9,11,13H,6-7H2,1H3,(H,18,20)(H,21,22). The minimum absolute atomic E-state index is 0.0598. The van der Waals surface area contributed by atoms with E-state index in [0.29, 0.717) is 18.4 Å². The fraction of sp³-hybridized carbons (Fsp3) is 0.312. The zero-order valence-corrected chi connectivity index (χ0v) is 12.2. The number of hydrogen-bond acceptors (Lipinski definition) is 3. The lowest BCUT2D eigenvalue weighted by molar-refractivity contribution is -0.145. The Hall–Kier alpha value is -2.63. The van der Waals surface area contributed by atoms with Gasteiger partial charge >= 0.3 is 5.97 Å². The molecular formula is C16H17N3O3. The lowest BCUT2D eigenvalue weighted by Crippen LogP contribution is -2.46. The third-order valence-electron chi connectivity index (χ3n) is 4.03. The van der Waals surface area contributed by atoms with Crippen LogP contribution in [0.1, 0.15) is 28.8 Å². The van der Waals surface area contributed by atoms with E-state index in [-0.39, 0.29) is 17.9 Å². The van der Waals surface area contributed by atoms with Crippen LogP contribution < -0.4 is 5.32 Å². The summed E-state index contributed by atoms with van der Waals surface area (Å²) >= 11 is 0. The van der Waals surface area contributed by atoms with Crippen molar-refractivity contribution in [3.8, 4) is 5.69 Å². The largest absolute Gasteiger partial charge is 0.481 e. The molecule has 0 unspecified atom stereocenters. The lowest BCUT2D eigenvalue weighted by atomic mass is 9.80. The fourth-order valence-electron chi connectivity index (χ4n) is 2.60. The highest BCUT2D eigenvalue weighted by atomic mass is 16.4. The average Bonchev–Trinajstić information content (AvgIpc) is 2.91. The van der Waals surface area contributed by atoms with Crippen LogP contribution >= 0.6 is 0 Å². The molecule has 2 N–H and O–H groups in total.